The monoisotopic (exact) mass is 431 g/mol. The molecule has 0 atom stereocenters. The van der Waals surface area contributed by atoms with Gasteiger partial charge in [0.25, 0.3) is 10.0 Å². The highest BCUT2D eigenvalue weighted by Crippen LogP contribution is 2.60. The Morgan fingerprint density at radius 2 is 1.35 bits per heavy atom. The van der Waals surface area contributed by atoms with Crippen molar-refractivity contribution < 1.29 is 8.42 Å². The van der Waals surface area contributed by atoms with Gasteiger partial charge in [0.05, 0.1) is 10.6 Å². The van der Waals surface area contributed by atoms with Crippen LogP contribution in [0.1, 0.15) is 44.1 Å². The maximum atomic E-state index is 13.3. The summed E-state index contributed by atoms with van der Waals surface area (Å²) >= 11 is 0. The molecule has 0 radical (unpaired) electrons. The molecule has 4 aliphatic rings. The van der Waals surface area contributed by atoms with Gasteiger partial charge in [-0.3, -0.25) is 4.31 Å². The van der Waals surface area contributed by atoms with E-state index in [1.807, 2.05) is 42.5 Å². The normalized spacial score (nSPS) is 29.4. The minimum absolute atomic E-state index is 0.332. The molecule has 4 fully saturated rings. The molecule has 0 amide bonds. The predicted octanol–water partition coefficient (Wildman–Crippen LogP) is 6.13. The molecule has 0 aromatic heterocycles. The molecular formula is C27H29NO2S. The van der Waals surface area contributed by atoms with Crippen molar-refractivity contribution in [2.45, 2.75) is 48.8 Å². The summed E-state index contributed by atoms with van der Waals surface area (Å²) in [6.07, 6.45) is 8.27. The number of rotatable bonds is 4. The number of sulfonamides is 1. The number of hydrogen-bond donors (Lipinski definition) is 0. The molecule has 4 heteroatoms. The van der Waals surface area contributed by atoms with E-state index in [-0.39, 0.29) is 0 Å². The molecule has 3 aromatic rings. The van der Waals surface area contributed by atoms with Crippen molar-refractivity contribution in [3.63, 3.8) is 0 Å². The fourth-order valence-corrected chi connectivity index (χ4v) is 8.35. The number of nitrogens with zero attached hydrogens (tertiary/aromatic N) is 1. The molecule has 4 aliphatic carbocycles. The average Bonchev–Trinajstić information content (AvgIpc) is 2.77. The lowest BCUT2D eigenvalue weighted by Crippen LogP contribution is -2.48. The van der Waals surface area contributed by atoms with E-state index in [9.17, 15) is 8.42 Å². The summed E-state index contributed by atoms with van der Waals surface area (Å²) < 4.78 is 28.0. The number of anilines is 1. The molecule has 4 saturated carbocycles. The van der Waals surface area contributed by atoms with Gasteiger partial charge in [-0.1, -0.05) is 42.5 Å². The van der Waals surface area contributed by atoms with Crippen molar-refractivity contribution in [3.05, 3.63) is 72.3 Å². The van der Waals surface area contributed by atoms with Gasteiger partial charge in [0.1, 0.15) is 0 Å². The lowest BCUT2D eigenvalue weighted by Gasteiger charge is -2.57. The van der Waals surface area contributed by atoms with Crippen LogP contribution in [-0.4, -0.2) is 15.5 Å². The van der Waals surface area contributed by atoms with Crippen LogP contribution in [0.3, 0.4) is 0 Å². The van der Waals surface area contributed by atoms with Gasteiger partial charge in [-0.05, 0) is 102 Å². The van der Waals surface area contributed by atoms with E-state index in [0.29, 0.717) is 10.3 Å². The van der Waals surface area contributed by atoms with Gasteiger partial charge in [0.2, 0.25) is 0 Å². The number of fused-ring (bicyclic) bond motifs is 1. The molecule has 3 aromatic carbocycles. The van der Waals surface area contributed by atoms with Crippen LogP contribution in [-0.2, 0) is 15.4 Å². The smallest absolute Gasteiger partial charge is 0.264 e. The summed E-state index contributed by atoms with van der Waals surface area (Å²) in [6.45, 7) is 0. The topological polar surface area (TPSA) is 37.4 Å². The first kappa shape index (κ1) is 19.4. The maximum absolute atomic E-state index is 13.3. The molecule has 0 unspecified atom stereocenters. The summed E-state index contributed by atoms with van der Waals surface area (Å²) in [5.74, 6) is 2.71. The third-order valence-corrected chi connectivity index (χ3v) is 10.0. The first-order chi connectivity index (χ1) is 14.9. The van der Waals surface area contributed by atoms with E-state index < -0.39 is 10.0 Å². The second kappa shape index (κ2) is 6.83. The van der Waals surface area contributed by atoms with Crippen molar-refractivity contribution in [3.8, 4) is 0 Å². The van der Waals surface area contributed by atoms with Gasteiger partial charge >= 0.3 is 0 Å². The quantitative estimate of drug-likeness (QED) is 0.498. The molecule has 0 spiro atoms. The molecule has 0 saturated heterocycles. The van der Waals surface area contributed by atoms with E-state index in [0.717, 1.165) is 34.2 Å². The summed E-state index contributed by atoms with van der Waals surface area (Å²) in [5, 5.41) is 1.98. The zero-order chi connectivity index (χ0) is 21.2. The highest BCUT2D eigenvalue weighted by molar-refractivity contribution is 7.92. The van der Waals surface area contributed by atoms with Crippen molar-refractivity contribution in [2.75, 3.05) is 11.4 Å². The van der Waals surface area contributed by atoms with E-state index in [1.165, 1.54) is 48.4 Å². The first-order valence-electron chi connectivity index (χ1n) is 11.5. The molecule has 160 valence electrons. The fourth-order valence-electron chi connectivity index (χ4n) is 7.11. The number of benzene rings is 3. The Kier molecular flexibility index (Phi) is 4.27. The third-order valence-electron chi connectivity index (χ3n) is 8.26. The standard InChI is InChI=1S/C27H29NO2S/c1-28(31(29,30)26-11-6-22-4-2-3-5-23(22)15-26)25-9-7-24(8-10-25)27-16-19-12-20(17-27)14-21(13-19)18-27/h2-11,15,19-21H,12-14,16-18H2,1H3. The molecule has 31 heavy (non-hydrogen) atoms. The van der Waals surface area contributed by atoms with Gasteiger partial charge in [-0.15, -0.1) is 0 Å². The van der Waals surface area contributed by atoms with E-state index in [2.05, 4.69) is 12.1 Å². The molecule has 4 bridgehead atoms. The largest absolute Gasteiger partial charge is 0.269 e. The maximum Gasteiger partial charge on any atom is 0.264 e. The summed E-state index contributed by atoms with van der Waals surface area (Å²) in [4.78, 5) is 0.332. The lowest BCUT2D eigenvalue weighted by molar-refractivity contribution is -0.00518. The first-order valence-corrected chi connectivity index (χ1v) is 13.0. The van der Waals surface area contributed by atoms with Gasteiger partial charge < -0.3 is 0 Å². The Morgan fingerprint density at radius 3 is 1.97 bits per heavy atom. The van der Waals surface area contributed by atoms with Crippen LogP contribution >= 0.6 is 0 Å². The third kappa shape index (κ3) is 3.10. The zero-order valence-electron chi connectivity index (χ0n) is 18.0. The second-order valence-corrected chi connectivity index (χ2v) is 12.2. The van der Waals surface area contributed by atoms with Crippen LogP contribution in [0, 0.1) is 17.8 Å². The highest BCUT2D eigenvalue weighted by atomic mass is 32.2. The van der Waals surface area contributed by atoms with Gasteiger partial charge in [-0.25, -0.2) is 8.42 Å². The minimum Gasteiger partial charge on any atom is -0.269 e. The highest BCUT2D eigenvalue weighted by Gasteiger charge is 2.51. The van der Waals surface area contributed by atoms with Crippen LogP contribution in [0.15, 0.2) is 71.6 Å². The SMILES string of the molecule is CN(c1ccc(C23CC4CC(CC(C4)C2)C3)cc1)S(=O)(=O)c1ccc2ccccc2c1. The molecule has 0 N–H and O–H groups in total. The van der Waals surface area contributed by atoms with Crippen LogP contribution in [0.4, 0.5) is 5.69 Å². The van der Waals surface area contributed by atoms with Crippen molar-refractivity contribution in [1.29, 1.82) is 0 Å². The van der Waals surface area contributed by atoms with Crippen LogP contribution in [0.25, 0.3) is 10.8 Å². The lowest BCUT2D eigenvalue weighted by atomic mass is 9.48. The van der Waals surface area contributed by atoms with Gasteiger partial charge in [0, 0.05) is 7.05 Å². The van der Waals surface area contributed by atoms with E-state index >= 15 is 0 Å². The Morgan fingerprint density at radius 1 is 0.774 bits per heavy atom. The Balaban J connectivity index is 1.29. The Hall–Kier alpha value is -2.33. The summed E-state index contributed by atoms with van der Waals surface area (Å²) in [7, 11) is -1.95. The molecule has 0 heterocycles. The molecule has 7 rings (SSSR count). The molecule has 0 aliphatic heterocycles. The van der Waals surface area contributed by atoms with E-state index in [4.69, 9.17) is 0 Å². The Bertz CT molecular complexity index is 1210. The van der Waals surface area contributed by atoms with Crippen LogP contribution in [0.5, 0.6) is 0 Å². The number of hydrogen-bond acceptors (Lipinski definition) is 2. The molecular weight excluding hydrogens is 402 g/mol. The summed E-state index contributed by atoms with van der Waals surface area (Å²) in [5.41, 5.74) is 2.48. The predicted molar refractivity (Wildman–Crippen MR) is 126 cm³/mol. The Labute approximate surface area is 185 Å². The zero-order valence-corrected chi connectivity index (χ0v) is 18.8. The average molecular weight is 432 g/mol. The van der Waals surface area contributed by atoms with Crippen molar-refractivity contribution in [1.82, 2.24) is 0 Å². The molecule has 3 nitrogen and oxygen atoms in total. The summed E-state index contributed by atoms with van der Waals surface area (Å²) in [6, 6.07) is 21.6. The van der Waals surface area contributed by atoms with Crippen LogP contribution in [0.2, 0.25) is 0 Å². The van der Waals surface area contributed by atoms with Gasteiger partial charge in [-0.2, -0.15) is 0 Å². The van der Waals surface area contributed by atoms with Crippen LogP contribution < -0.4 is 4.31 Å². The van der Waals surface area contributed by atoms with Crippen molar-refractivity contribution in [2.24, 2.45) is 17.8 Å². The minimum atomic E-state index is -3.61. The van der Waals surface area contributed by atoms with E-state index in [1.54, 1.807) is 19.2 Å². The fraction of sp³-hybridized carbons (Fsp3) is 0.407. The second-order valence-electron chi connectivity index (χ2n) is 10.2. The van der Waals surface area contributed by atoms with Crippen molar-refractivity contribution >= 4 is 26.5 Å². The van der Waals surface area contributed by atoms with Gasteiger partial charge in [0.15, 0.2) is 0 Å².